The molecule has 0 saturated carbocycles. The van der Waals surface area contributed by atoms with Gasteiger partial charge in [0.15, 0.2) is 0 Å². The van der Waals surface area contributed by atoms with E-state index in [1.54, 1.807) is 0 Å². The van der Waals surface area contributed by atoms with Crippen LogP contribution in [0.25, 0.3) is 0 Å². The van der Waals surface area contributed by atoms with Crippen molar-refractivity contribution < 1.29 is 9.84 Å². The summed E-state index contributed by atoms with van der Waals surface area (Å²) < 4.78 is 5.19. The predicted molar refractivity (Wildman–Crippen MR) is 58.0 cm³/mol. The van der Waals surface area contributed by atoms with E-state index in [0.717, 1.165) is 25.9 Å². The summed E-state index contributed by atoms with van der Waals surface area (Å²) in [6.45, 7) is 11.1. The third kappa shape index (κ3) is 18.7. The van der Waals surface area contributed by atoms with E-state index >= 15 is 0 Å². The van der Waals surface area contributed by atoms with Gasteiger partial charge >= 0.3 is 0 Å². The molecule has 0 aromatic rings. The van der Waals surface area contributed by atoms with Gasteiger partial charge in [-0.25, -0.2) is 0 Å². The lowest BCUT2D eigenvalue weighted by Crippen LogP contribution is -2.01. The first kappa shape index (κ1) is 15.4. The Balaban J connectivity index is 0. The second-order valence-corrected chi connectivity index (χ2v) is 3.39. The molecule has 0 aliphatic rings. The summed E-state index contributed by atoms with van der Waals surface area (Å²) in [4.78, 5) is 0. The summed E-state index contributed by atoms with van der Waals surface area (Å²) in [5.41, 5.74) is 0. The Hall–Kier alpha value is -0.0800. The minimum atomic E-state index is -0.0648. The number of hydrogen-bond donors (Lipinski definition) is 1. The minimum Gasteiger partial charge on any atom is -0.393 e. The van der Waals surface area contributed by atoms with Gasteiger partial charge < -0.3 is 9.84 Å². The highest BCUT2D eigenvalue weighted by Gasteiger charge is 1.90. The predicted octanol–water partition coefficient (Wildman–Crippen LogP) is 2.99. The van der Waals surface area contributed by atoms with E-state index in [4.69, 9.17) is 9.84 Å². The Kier molecular flexibility index (Phi) is 14.1. The molecule has 13 heavy (non-hydrogen) atoms. The van der Waals surface area contributed by atoms with Gasteiger partial charge in [-0.1, -0.05) is 20.8 Å². The van der Waals surface area contributed by atoms with Crippen LogP contribution in [0.4, 0.5) is 0 Å². The van der Waals surface area contributed by atoms with Gasteiger partial charge in [-0.3, -0.25) is 0 Å². The van der Waals surface area contributed by atoms with Crippen LogP contribution in [-0.2, 0) is 4.74 Å². The SMILES string of the molecule is CCC(O)CC.CCCOC(C)C. The topological polar surface area (TPSA) is 29.5 Å². The van der Waals surface area contributed by atoms with Gasteiger partial charge in [0.2, 0.25) is 0 Å². The van der Waals surface area contributed by atoms with Crippen molar-refractivity contribution in [2.24, 2.45) is 0 Å². The minimum absolute atomic E-state index is 0.0648. The lowest BCUT2D eigenvalue weighted by atomic mass is 10.2. The van der Waals surface area contributed by atoms with E-state index in [9.17, 15) is 0 Å². The maximum absolute atomic E-state index is 8.67. The molecule has 2 heteroatoms. The van der Waals surface area contributed by atoms with Crippen molar-refractivity contribution in [3.05, 3.63) is 0 Å². The fraction of sp³-hybridized carbons (Fsp3) is 1.00. The van der Waals surface area contributed by atoms with Crippen molar-refractivity contribution in [2.45, 2.75) is 66.1 Å². The maximum Gasteiger partial charge on any atom is 0.0535 e. The highest BCUT2D eigenvalue weighted by atomic mass is 16.5. The van der Waals surface area contributed by atoms with Crippen LogP contribution in [0.5, 0.6) is 0 Å². The molecule has 0 heterocycles. The fourth-order valence-corrected chi connectivity index (χ4v) is 0.642. The quantitative estimate of drug-likeness (QED) is 0.722. The molecule has 0 amide bonds. The first-order valence-corrected chi connectivity index (χ1v) is 5.38. The summed E-state index contributed by atoms with van der Waals surface area (Å²) in [5, 5.41) is 8.67. The van der Waals surface area contributed by atoms with Crippen LogP contribution in [0, 0.1) is 0 Å². The van der Waals surface area contributed by atoms with Crippen LogP contribution in [0.15, 0.2) is 0 Å². The van der Waals surface area contributed by atoms with Crippen LogP contribution in [0.2, 0.25) is 0 Å². The molecule has 0 unspecified atom stereocenters. The van der Waals surface area contributed by atoms with Gasteiger partial charge in [0.05, 0.1) is 12.2 Å². The zero-order chi connectivity index (χ0) is 10.7. The maximum atomic E-state index is 8.67. The summed E-state index contributed by atoms with van der Waals surface area (Å²) in [7, 11) is 0. The molecular weight excluding hydrogens is 164 g/mol. The first-order chi connectivity index (χ1) is 6.08. The molecule has 0 bridgehead atoms. The van der Waals surface area contributed by atoms with Crippen molar-refractivity contribution in [3.63, 3.8) is 0 Å². The Morgan fingerprint density at radius 1 is 1.08 bits per heavy atom. The molecule has 0 aromatic heterocycles. The van der Waals surface area contributed by atoms with Crippen molar-refractivity contribution in [2.75, 3.05) is 6.61 Å². The lowest BCUT2D eigenvalue weighted by molar-refractivity contribution is 0.0794. The average Bonchev–Trinajstić information content (AvgIpc) is 2.14. The lowest BCUT2D eigenvalue weighted by Gasteiger charge is -2.03. The van der Waals surface area contributed by atoms with E-state index in [0.29, 0.717) is 6.10 Å². The molecule has 0 aliphatic carbocycles. The normalized spacial score (nSPS) is 10.2. The third-order valence-corrected chi connectivity index (χ3v) is 1.60. The molecule has 0 saturated heterocycles. The number of aliphatic hydroxyl groups excluding tert-OH is 1. The molecule has 0 atom stereocenters. The molecule has 0 rings (SSSR count). The zero-order valence-corrected chi connectivity index (χ0v) is 9.84. The average molecular weight is 190 g/mol. The summed E-state index contributed by atoms with van der Waals surface area (Å²) in [6, 6.07) is 0. The van der Waals surface area contributed by atoms with Crippen molar-refractivity contribution in [1.82, 2.24) is 0 Å². The van der Waals surface area contributed by atoms with Crippen LogP contribution in [0.1, 0.15) is 53.9 Å². The monoisotopic (exact) mass is 190 g/mol. The molecule has 0 spiro atoms. The standard InChI is InChI=1S/C6H14O.C5H12O/c1-4-5-7-6(2)3;1-3-5(6)4-2/h6H,4-5H2,1-3H3;5-6H,3-4H2,1-2H3. The molecule has 2 nitrogen and oxygen atoms in total. The largest absolute Gasteiger partial charge is 0.393 e. The number of hydrogen-bond acceptors (Lipinski definition) is 2. The zero-order valence-electron chi connectivity index (χ0n) is 9.84. The van der Waals surface area contributed by atoms with E-state index < -0.39 is 0 Å². The van der Waals surface area contributed by atoms with E-state index in [1.165, 1.54) is 0 Å². The Bertz CT molecular complexity index is 78.2. The van der Waals surface area contributed by atoms with Crippen LogP contribution in [-0.4, -0.2) is 23.9 Å². The number of aliphatic hydroxyl groups is 1. The smallest absolute Gasteiger partial charge is 0.0535 e. The van der Waals surface area contributed by atoms with Gasteiger partial charge in [-0.05, 0) is 33.1 Å². The van der Waals surface area contributed by atoms with Gasteiger partial charge in [0, 0.05) is 6.61 Å². The highest BCUT2D eigenvalue weighted by Crippen LogP contribution is 1.92. The van der Waals surface area contributed by atoms with Crippen LogP contribution in [0.3, 0.4) is 0 Å². The third-order valence-electron chi connectivity index (χ3n) is 1.60. The van der Waals surface area contributed by atoms with E-state index in [1.807, 2.05) is 13.8 Å². The Morgan fingerprint density at radius 2 is 1.54 bits per heavy atom. The van der Waals surface area contributed by atoms with E-state index in [2.05, 4.69) is 20.8 Å². The summed E-state index contributed by atoms with van der Waals surface area (Å²) in [5.74, 6) is 0. The van der Waals surface area contributed by atoms with Gasteiger partial charge in [0.25, 0.3) is 0 Å². The molecule has 0 aliphatic heterocycles. The summed E-state index contributed by atoms with van der Waals surface area (Å²) in [6.07, 6.45) is 3.23. The van der Waals surface area contributed by atoms with Crippen molar-refractivity contribution in [3.8, 4) is 0 Å². The molecule has 0 radical (unpaired) electrons. The molecule has 82 valence electrons. The number of rotatable bonds is 5. The molecule has 0 fully saturated rings. The molecule has 1 N–H and O–H groups in total. The molecular formula is C11H26O2. The molecule has 0 aromatic carbocycles. The van der Waals surface area contributed by atoms with Crippen LogP contribution >= 0.6 is 0 Å². The number of ether oxygens (including phenoxy) is 1. The van der Waals surface area contributed by atoms with Gasteiger partial charge in [-0.2, -0.15) is 0 Å². The Morgan fingerprint density at radius 3 is 1.62 bits per heavy atom. The van der Waals surface area contributed by atoms with Gasteiger partial charge in [-0.15, -0.1) is 0 Å². The van der Waals surface area contributed by atoms with Crippen molar-refractivity contribution in [1.29, 1.82) is 0 Å². The first-order valence-electron chi connectivity index (χ1n) is 5.38. The highest BCUT2D eigenvalue weighted by molar-refractivity contribution is 4.43. The summed E-state index contributed by atoms with van der Waals surface area (Å²) >= 11 is 0. The van der Waals surface area contributed by atoms with Gasteiger partial charge in [0.1, 0.15) is 0 Å². The Labute approximate surface area is 83.3 Å². The van der Waals surface area contributed by atoms with Crippen LogP contribution < -0.4 is 0 Å². The van der Waals surface area contributed by atoms with Crippen molar-refractivity contribution >= 4 is 0 Å². The fourth-order valence-electron chi connectivity index (χ4n) is 0.642. The second-order valence-electron chi connectivity index (χ2n) is 3.39. The van der Waals surface area contributed by atoms with E-state index in [-0.39, 0.29) is 6.10 Å². The second kappa shape index (κ2) is 11.9.